The molecule has 96 valence electrons. The Kier molecular flexibility index (Phi) is 4.15. The Morgan fingerprint density at radius 3 is 3.06 bits per heavy atom. The maximum absolute atomic E-state index is 11.2. The van der Waals surface area contributed by atoms with Gasteiger partial charge in [-0.3, -0.25) is 0 Å². The number of benzene rings is 1. The lowest BCUT2D eigenvalue weighted by Gasteiger charge is -2.25. The monoisotopic (exact) mass is 245 g/mol. The summed E-state index contributed by atoms with van der Waals surface area (Å²) < 4.78 is 4.86. The van der Waals surface area contributed by atoms with Crippen molar-refractivity contribution in [2.45, 2.75) is 19.9 Å². The minimum absolute atomic E-state index is 0.285. The van der Waals surface area contributed by atoms with Gasteiger partial charge < -0.3 is 9.64 Å². The van der Waals surface area contributed by atoms with Crippen LogP contribution in [0.15, 0.2) is 24.3 Å². The number of esters is 1. The summed E-state index contributed by atoms with van der Waals surface area (Å²) >= 11 is 0. The maximum Gasteiger partial charge on any atom is 0.330 e. The zero-order valence-corrected chi connectivity index (χ0v) is 11.0. The number of ether oxygens (including phenoxy) is 1. The molecule has 3 nitrogen and oxygen atoms in total. The number of nitrogens with zero attached hydrogens (tertiary/aromatic N) is 1. The second kappa shape index (κ2) is 5.83. The molecule has 1 aliphatic heterocycles. The van der Waals surface area contributed by atoms with Crippen LogP contribution in [0.25, 0.3) is 6.08 Å². The van der Waals surface area contributed by atoms with E-state index in [9.17, 15) is 4.79 Å². The predicted octanol–water partition coefficient (Wildman–Crippen LogP) is 2.25. The van der Waals surface area contributed by atoms with E-state index in [1.54, 1.807) is 6.92 Å². The number of likely N-dealkylation sites (N-methyl/N-ethyl adjacent to an activating group) is 1. The molecule has 0 amide bonds. The molecular weight excluding hydrogens is 226 g/mol. The van der Waals surface area contributed by atoms with Gasteiger partial charge in [0.15, 0.2) is 0 Å². The molecule has 0 atom stereocenters. The normalized spacial score (nSPS) is 15.7. The minimum Gasteiger partial charge on any atom is -0.463 e. The fourth-order valence-electron chi connectivity index (χ4n) is 2.18. The Balaban J connectivity index is 2.11. The first-order valence-electron chi connectivity index (χ1n) is 6.34. The highest BCUT2D eigenvalue weighted by atomic mass is 16.5. The highest BCUT2D eigenvalue weighted by molar-refractivity contribution is 5.87. The van der Waals surface area contributed by atoms with E-state index in [0.29, 0.717) is 6.61 Å². The molecule has 0 radical (unpaired) electrons. The lowest BCUT2D eigenvalue weighted by molar-refractivity contribution is -0.137. The molecule has 0 aromatic heterocycles. The Hall–Kier alpha value is -1.61. The summed E-state index contributed by atoms with van der Waals surface area (Å²) in [6, 6.07) is 6.37. The summed E-state index contributed by atoms with van der Waals surface area (Å²) in [6.45, 7) is 4.32. The molecule has 3 heteroatoms. The standard InChI is InChI=1S/C15H19NO2/c1-3-18-15(17)7-5-12-4-6-13-8-9-16(2)11-14(13)10-12/h4-7,10H,3,8-9,11H2,1-2H3/b7-5+. The first-order chi connectivity index (χ1) is 8.69. The fourth-order valence-corrected chi connectivity index (χ4v) is 2.18. The zero-order chi connectivity index (χ0) is 13.0. The third-order valence-electron chi connectivity index (χ3n) is 3.13. The van der Waals surface area contributed by atoms with E-state index in [0.717, 1.165) is 25.1 Å². The van der Waals surface area contributed by atoms with Crippen LogP contribution in [0.2, 0.25) is 0 Å². The molecule has 0 aliphatic carbocycles. The van der Waals surface area contributed by atoms with Crippen LogP contribution in [0.4, 0.5) is 0 Å². The zero-order valence-electron chi connectivity index (χ0n) is 11.0. The minimum atomic E-state index is -0.285. The molecule has 0 fully saturated rings. The van der Waals surface area contributed by atoms with Crippen LogP contribution in [0.3, 0.4) is 0 Å². The lowest BCUT2D eigenvalue weighted by Crippen LogP contribution is -2.26. The first-order valence-corrected chi connectivity index (χ1v) is 6.34. The summed E-state index contributed by atoms with van der Waals surface area (Å²) in [7, 11) is 2.13. The lowest BCUT2D eigenvalue weighted by atomic mass is 9.97. The van der Waals surface area contributed by atoms with Gasteiger partial charge in [0.05, 0.1) is 6.61 Å². The van der Waals surface area contributed by atoms with Gasteiger partial charge in [0.2, 0.25) is 0 Å². The van der Waals surface area contributed by atoms with Crippen LogP contribution in [0.5, 0.6) is 0 Å². The Morgan fingerprint density at radius 2 is 2.28 bits per heavy atom. The third kappa shape index (κ3) is 3.20. The van der Waals surface area contributed by atoms with Gasteiger partial charge in [-0.25, -0.2) is 4.79 Å². The quantitative estimate of drug-likeness (QED) is 0.604. The summed E-state index contributed by atoms with van der Waals surface area (Å²) in [5.74, 6) is -0.285. The smallest absolute Gasteiger partial charge is 0.330 e. The van der Waals surface area contributed by atoms with Crippen LogP contribution in [-0.2, 0) is 22.5 Å². The van der Waals surface area contributed by atoms with Gasteiger partial charge >= 0.3 is 5.97 Å². The fraction of sp³-hybridized carbons (Fsp3) is 0.400. The number of carbonyl (C=O) groups excluding carboxylic acids is 1. The van der Waals surface area contributed by atoms with E-state index >= 15 is 0 Å². The molecule has 1 aromatic rings. The molecule has 1 heterocycles. The number of fused-ring (bicyclic) bond motifs is 1. The Labute approximate surface area is 108 Å². The molecule has 0 saturated carbocycles. The van der Waals surface area contributed by atoms with E-state index in [1.165, 1.54) is 17.2 Å². The second-order valence-electron chi connectivity index (χ2n) is 4.60. The summed E-state index contributed by atoms with van der Waals surface area (Å²) in [5.41, 5.74) is 3.83. The van der Waals surface area contributed by atoms with E-state index in [2.05, 4.69) is 30.1 Å². The SMILES string of the molecule is CCOC(=O)/C=C/c1ccc2c(c1)CN(C)CC2. The van der Waals surface area contributed by atoms with Crippen molar-refractivity contribution in [1.82, 2.24) is 4.90 Å². The van der Waals surface area contributed by atoms with Gasteiger partial charge in [-0.15, -0.1) is 0 Å². The Morgan fingerprint density at radius 1 is 1.44 bits per heavy atom. The van der Waals surface area contributed by atoms with Crippen LogP contribution in [0, 0.1) is 0 Å². The van der Waals surface area contributed by atoms with Crippen molar-refractivity contribution >= 4 is 12.0 Å². The van der Waals surface area contributed by atoms with Gasteiger partial charge in [0.25, 0.3) is 0 Å². The molecule has 18 heavy (non-hydrogen) atoms. The van der Waals surface area contributed by atoms with Gasteiger partial charge in [0.1, 0.15) is 0 Å². The number of hydrogen-bond acceptors (Lipinski definition) is 3. The van der Waals surface area contributed by atoms with Crippen molar-refractivity contribution < 1.29 is 9.53 Å². The first kappa shape index (κ1) is 12.8. The van der Waals surface area contributed by atoms with Gasteiger partial charge in [-0.1, -0.05) is 18.2 Å². The van der Waals surface area contributed by atoms with Crippen molar-refractivity contribution in [3.05, 3.63) is 41.0 Å². The van der Waals surface area contributed by atoms with Crippen LogP contribution >= 0.6 is 0 Å². The number of hydrogen-bond donors (Lipinski definition) is 0. The van der Waals surface area contributed by atoms with Crippen molar-refractivity contribution in [2.75, 3.05) is 20.2 Å². The topological polar surface area (TPSA) is 29.5 Å². The molecule has 2 rings (SSSR count). The van der Waals surface area contributed by atoms with Gasteiger partial charge in [-0.05, 0) is 43.2 Å². The highest BCUT2D eigenvalue weighted by Gasteiger charge is 2.12. The van der Waals surface area contributed by atoms with Crippen molar-refractivity contribution in [3.63, 3.8) is 0 Å². The molecular formula is C15H19NO2. The molecule has 0 spiro atoms. The van der Waals surface area contributed by atoms with E-state index in [-0.39, 0.29) is 5.97 Å². The van der Waals surface area contributed by atoms with Gasteiger partial charge in [-0.2, -0.15) is 0 Å². The molecule has 0 bridgehead atoms. The summed E-state index contributed by atoms with van der Waals surface area (Å²) in [6.07, 6.45) is 4.40. The average molecular weight is 245 g/mol. The van der Waals surface area contributed by atoms with E-state index in [4.69, 9.17) is 4.74 Å². The molecule has 0 saturated heterocycles. The van der Waals surface area contributed by atoms with E-state index in [1.807, 2.05) is 6.08 Å². The molecule has 0 N–H and O–H groups in total. The highest BCUT2D eigenvalue weighted by Crippen LogP contribution is 2.20. The Bertz CT molecular complexity index is 466. The van der Waals surface area contributed by atoms with Crippen LogP contribution < -0.4 is 0 Å². The number of rotatable bonds is 3. The molecule has 0 unspecified atom stereocenters. The predicted molar refractivity (Wildman–Crippen MR) is 72.1 cm³/mol. The van der Waals surface area contributed by atoms with Crippen molar-refractivity contribution in [2.24, 2.45) is 0 Å². The van der Waals surface area contributed by atoms with Gasteiger partial charge in [0, 0.05) is 19.2 Å². The molecule has 1 aliphatic rings. The average Bonchev–Trinajstić information content (AvgIpc) is 2.36. The summed E-state index contributed by atoms with van der Waals surface area (Å²) in [4.78, 5) is 13.5. The second-order valence-corrected chi connectivity index (χ2v) is 4.60. The third-order valence-corrected chi connectivity index (χ3v) is 3.13. The van der Waals surface area contributed by atoms with E-state index < -0.39 is 0 Å². The van der Waals surface area contributed by atoms with Crippen LogP contribution in [-0.4, -0.2) is 31.1 Å². The van der Waals surface area contributed by atoms with Crippen molar-refractivity contribution in [3.8, 4) is 0 Å². The van der Waals surface area contributed by atoms with Crippen molar-refractivity contribution in [1.29, 1.82) is 0 Å². The summed E-state index contributed by atoms with van der Waals surface area (Å²) in [5, 5.41) is 0. The number of carbonyl (C=O) groups is 1. The largest absolute Gasteiger partial charge is 0.463 e. The maximum atomic E-state index is 11.2. The van der Waals surface area contributed by atoms with Crippen LogP contribution in [0.1, 0.15) is 23.6 Å². The molecule has 1 aromatic carbocycles.